The van der Waals surface area contributed by atoms with Gasteiger partial charge in [-0.05, 0) is 12.8 Å². The van der Waals surface area contributed by atoms with Gasteiger partial charge in [-0.1, -0.05) is 78.1 Å². The van der Waals surface area contributed by atoms with Crippen LogP contribution in [0.25, 0.3) is 0 Å². The van der Waals surface area contributed by atoms with Gasteiger partial charge in [-0.3, -0.25) is 0 Å². The summed E-state index contributed by atoms with van der Waals surface area (Å²) in [7, 11) is -3.47. The second-order valence-electron chi connectivity index (χ2n) is 6.03. The number of hydrogen-bond donors (Lipinski definition) is 1. The van der Waals surface area contributed by atoms with Crippen molar-refractivity contribution in [3.63, 3.8) is 0 Å². The van der Waals surface area contributed by atoms with E-state index >= 15 is 0 Å². The van der Waals surface area contributed by atoms with Crippen molar-refractivity contribution >= 4 is 10.0 Å². The van der Waals surface area contributed by atoms with Gasteiger partial charge in [0.2, 0.25) is 10.0 Å². The van der Waals surface area contributed by atoms with Crippen molar-refractivity contribution in [3.05, 3.63) is 0 Å². The van der Waals surface area contributed by atoms with Crippen molar-refractivity contribution in [2.45, 2.75) is 96.1 Å². The van der Waals surface area contributed by atoms with Gasteiger partial charge in [0.05, 0.1) is 6.07 Å². The van der Waals surface area contributed by atoms with Crippen molar-refractivity contribution in [2.75, 3.05) is 6.54 Å². The van der Waals surface area contributed by atoms with Crippen LogP contribution in [0.4, 0.5) is 0 Å². The third kappa shape index (κ3) is 11.0. The van der Waals surface area contributed by atoms with Crippen LogP contribution in [-0.2, 0) is 10.0 Å². The lowest BCUT2D eigenvalue weighted by Gasteiger charge is -2.12. The molecule has 0 aliphatic heterocycles. The number of nitrogens with one attached hydrogen (secondary N) is 1. The van der Waals surface area contributed by atoms with Crippen LogP contribution < -0.4 is 4.72 Å². The highest BCUT2D eigenvalue weighted by Crippen LogP contribution is 2.13. The van der Waals surface area contributed by atoms with Crippen LogP contribution in [0.2, 0.25) is 0 Å². The van der Waals surface area contributed by atoms with Crippen molar-refractivity contribution in [3.8, 4) is 6.07 Å². The van der Waals surface area contributed by atoms with Crippen LogP contribution in [0.5, 0.6) is 0 Å². The Morgan fingerprint density at radius 3 is 1.91 bits per heavy atom. The smallest absolute Gasteiger partial charge is 0.214 e. The molecule has 130 valence electrons. The Bertz CT molecular complexity index is 388. The maximum absolute atomic E-state index is 12.1. The maximum atomic E-state index is 12.1. The number of rotatable bonds is 15. The Morgan fingerprint density at radius 1 is 0.864 bits per heavy atom. The predicted molar refractivity (Wildman–Crippen MR) is 93.1 cm³/mol. The second-order valence-corrected chi connectivity index (χ2v) is 7.98. The van der Waals surface area contributed by atoms with Gasteiger partial charge in [-0.15, -0.1) is 0 Å². The van der Waals surface area contributed by atoms with Crippen molar-refractivity contribution < 1.29 is 8.42 Å². The van der Waals surface area contributed by atoms with Crippen LogP contribution >= 0.6 is 0 Å². The monoisotopic (exact) mass is 330 g/mol. The number of nitriles is 1. The van der Waals surface area contributed by atoms with Crippen LogP contribution in [0.15, 0.2) is 0 Å². The zero-order chi connectivity index (χ0) is 16.7. The van der Waals surface area contributed by atoms with E-state index in [0.29, 0.717) is 13.0 Å². The van der Waals surface area contributed by atoms with Gasteiger partial charge in [-0.25, -0.2) is 13.1 Å². The third-order valence-electron chi connectivity index (χ3n) is 3.92. The number of unbranched alkanes of at least 4 members (excludes halogenated alkanes) is 9. The van der Waals surface area contributed by atoms with E-state index in [1.165, 1.54) is 25.7 Å². The van der Waals surface area contributed by atoms with Gasteiger partial charge < -0.3 is 0 Å². The molecule has 1 unspecified atom stereocenters. The minimum absolute atomic E-state index is 0.453. The zero-order valence-electron chi connectivity index (χ0n) is 14.4. The summed E-state index contributed by atoms with van der Waals surface area (Å²) in [4.78, 5) is 0. The Labute approximate surface area is 137 Å². The number of sulfonamides is 1. The van der Waals surface area contributed by atoms with E-state index in [9.17, 15) is 8.42 Å². The van der Waals surface area contributed by atoms with Crippen LogP contribution in [-0.4, -0.2) is 20.2 Å². The molecule has 5 heteroatoms. The Hall–Kier alpha value is -0.600. The highest BCUT2D eigenvalue weighted by atomic mass is 32.2. The van der Waals surface area contributed by atoms with Gasteiger partial charge in [-0.2, -0.15) is 5.26 Å². The number of nitrogens with zero attached hydrogens (tertiary/aromatic N) is 1. The van der Waals surface area contributed by atoms with Crippen LogP contribution in [0.1, 0.15) is 90.9 Å². The van der Waals surface area contributed by atoms with E-state index < -0.39 is 15.3 Å². The lowest BCUT2D eigenvalue weighted by atomic mass is 10.1. The molecule has 0 aliphatic carbocycles. The molecule has 0 rings (SSSR count). The van der Waals surface area contributed by atoms with Gasteiger partial charge in [0, 0.05) is 6.54 Å². The zero-order valence-corrected chi connectivity index (χ0v) is 15.3. The molecule has 0 amide bonds. The second kappa shape index (κ2) is 14.0. The van der Waals surface area contributed by atoms with Crippen LogP contribution in [0.3, 0.4) is 0 Å². The number of hydrogen-bond acceptors (Lipinski definition) is 3. The van der Waals surface area contributed by atoms with Gasteiger partial charge in [0.1, 0.15) is 0 Å². The summed E-state index contributed by atoms with van der Waals surface area (Å²) >= 11 is 0. The minimum atomic E-state index is -3.47. The highest BCUT2D eigenvalue weighted by molar-refractivity contribution is 7.90. The molecule has 0 aromatic rings. The molecule has 0 saturated heterocycles. The molecule has 0 saturated carbocycles. The quantitative estimate of drug-likeness (QED) is 0.449. The minimum Gasteiger partial charge on any atom is -0.214 e. The summed E-state index contributed by atoms with van der Waals surface area (Å²) in [6.45, 7) is 4.77. The summed E-state index contributed by atoms with van der Waals surface area (Å²) in [5.41, 5.74) is 0. The maximum Gasteiger partial charge on any atom is 0.227 e. The largest absolute Gasteiger partial charge is 0.227 e. The van der Waals surface area contributed by atoms with E-state index in [2.05, 4.69) is 18.6 Å². The normalized spacial score (nSPS) is 13.0. The first-order valence-electron chi connectivity index (χ1n) is 8.96. The van der Waals surface area contributed by atoms with Gasteiger partial charge in [0.15, 0.2) is 5.25 Å². The molecule has 0 spiro atoms. The summed E-state index contributed by atoms with van der Waals surface area (Å²) < 4.78 is 26.7. The first-order valence-corrected chi connectivity index (χ1v) is 10.5. The molecule has 0 aromatic carbocycles. The van der Waals surface area contributed by atoms with Crippen LogP contribution in [0, 0.1) is 11.3 Å². The van der Waals surface area contributed by atoms with E-state index in [1.54, 1.807) is 0 Å². The van der Waals surface area contributed by atoms with Gasteiger partial charge in [0.25, 0.3) is 0 Å². The third-order valence-corrected chi connectivity index (χ3v) is 5.62. The Morgan fingerprint density at radius 2 is 1.36 bits per heavy atom. The van der Waals surface area contributed by atoms with E-state index in [1.807, 2.05) is 6.07 Å². The Balaban J connectivity index is 3.88. The summed E-state index contributed by atoms with van der Waals surface area (Å²) in [5.74, 6) is 0. The highest BCUT2D eigenvalue weighted by Gasteiger charge is 2.23. The molecule has 0 bridgehead atoms. The summed E-state index contributed by atoms with van der Waals surface area (Å²) in [6, 6.07) is 1.96. The SMILES string of the molecule is CCCCCCCCCC(C#N)S(=O)(=O)NCCCCCC. The molecule has 0 fully saturated rings. The molecule has 4 nitrogen and oxygen atoms in total. The fourth-order valence-electron chi connectivity index (χ4n) is 2.44. The average Bonchev–Trinajstić information content (AvgIpc) is 2.49. The molecule has 22 heavy (non-hydrogen) atoms. The fourth-order valence-corrected chi connectivity index (χ4v) is 3.69. The summed E-state index contributed by atoms with van der Waals surface area (Å²) in [6.07, 6.45) is 12.6. The molecular formula is C17H34N2O2S. The predicted octanol–water partition coefficient (Wildman–Crippen LogP) is 4.52. The molecule has 0 heterocycles. The van der Waals surface area contributed by atoms with E-state index in [-0.39, 0.29) is 0 Å². The lowest BCUT2D eigenvalue weighted by Crippen LogP contribution is -2.34. The molecule has 1 atom stereocenters. The van der Waals surface area contributed by atoms with E-state index in [4.69, 9.17) is 5.26 Å². The molecular weight excluding hydrogens is 296 g/mol. The topological polar surface area (TPSA) is 70.0 Å². The lowest BCUT2D eigenvalue weighted by molar-refractivity contribution is 0.548. The first-order chi connectivity index (χ1) is 10.6. The molecule has 1 N–H and O–H groups in total. The molecule has 0 aromatic heterocycles. The standard InChI is InChI=1S/C17H34N2O2S/c1-3-5-7-9-10-11-12-14-17(16-18)22(20,21)19-15-13-8-6-4-2/h17,19H,3-15H2,1-2H3. The van der Waals surface area contributed by atoms with Gasteiger partial charge >= 0.3 is 0 Å². The molecule has 0 radical (unpaired) electrons. The van der Waals surface area contributed by atoms with Crippen molar-refractivity contribution in [1.82, 2.24) is 4.72 Å². The van der Waals surface area contributed by atoms with E-state index in [0.717, 1.165) is 44.9 Å². The average molecular weight is 331 g/mol. The van der Waals surface area contributed by atoms with Crippen molar-refractivity contribution in [1.29, 1.82) is 5.26 Å². The fraction of sp³-hybridized carbons (Fsp3) is 0.941. The molecule has 0 aliphatic rings. The van der Waals surface area contributed by atoms with Crippen molar-refractivity contribution in [2.24, 2.45) is 0 Å². The first kappa shape index (κ1) is 21.4. The summed E-state index contributed by atoms with van der Waals surface area (Å²) in [5, 5.41) is 8.21. The Kier molecular flexibility index (Phi) is 13.6.